The Balaban J connectivity index is 1.75. The summed E-state index contributed by atoms with van der Waals surface area (Å²) < 4.78 is 2.05. The second kappa shape index (κ2) is 3.94. The number of aromatic nitrogens is 2. The Morgan fingerprint density at radius 2 is 2.27 bits per heavy atom. The van der Waals surface area contributed by atoms with E-state index in [0.717, 1.165) is 38.3 Å². The van der Waals surface area contributed by atoms with Crippen LogP contribution < -0.4 is 0 Å². The van der Waals surface area contributed by atoms with Gasteiger partial charge < -0.3 is 9.67 Å². The Kier molecular flexibility index (Phi) is 2.80. The van der Waals surface area contributed by atoms with E-state index in [1.54, 1.807) is 0 Å². The molecule has 15 heavy (non-hydrogen) atoms. The van der Waals surface area contributed by atoms with Crippen LogP contribution in [0.2, 0.25) is 0 Å². The highest BCUT2D eigenvalue weighted by Gasteiger charge is 2.38. The topological polar surface area (TPSA) is 41.3 Å². The zero-order valence-electron chi connectivity index (χ0n) is 9.48. The summed E-state index contributed by atoms with van der Waals surface area (Å²) in [6.45, 7) is 4.66. The molecule has 2 rings (SSSR count). The van der Waals surface area contributed by atoms with Gasteiger partial charge in [0.1, 0.15) is 5.82 Å². The molecule has 84 valence electrons. The fourth-order valence-electron chi connectivity index (χ4n) is 2.06. The van der Waals surface area contributed by atoms with Crippen molar-refractivity contribution in [2.24, 2.45) is 7.05 Å². The number of rotatable bonds is 4. The van der Waals surface area contributed by atoms with Crippen molar-refractivity contribution in [3.05, 3.63) is 18.2 Å². The van der Waals surface area contributed by atoms with Crippen LogP contribution in [0, 0.1) is 0 Å². The van der Waals surface area contributed by atoms with Crippen LogP contribution in [0.3, 0.4) is 0 Å². The van der Waals surface area contributed by atoms with Crippen molar-refractivity contribution < 1.29 is 5.11 Å². The fourth-order valence-corrected chi connectivity index (χ4v) is 2.06. The minimum absolute atomic E-state index is 0.415. The number of aliphatic hydroxyl groups is 1. The molecule has 4 heteroatoms. The molecule has 0 aromatic carbocycles. The Morgan fingerprint density at radius 1 is 1.53 bits per heavy atom. The molecule has 0 saturated carbocycles. The Hall–Kier alpha value is -0.870. The van der Waals surface area contributed by atoms with Crippen LogP contribution in [-0.4, -0.2) is 44.8 Å². The van der Waals surface area contributed by atoms with Crippen LogP contribution >= 0.6 is 0 Å². The molecule has 1 saturated heterocycles. The van der Waals surface area contributed by atoms with Gasteiger partial charge in [0.25, 0.3) is 0 Å². The number of β-amino-alcohol motifs (C(OH)–C–C–N with tert-alkyl or cyclic N) is 1. The molecule has 1 aromatic heterocycles. The van der Waals surface area contributed by atoms with Gasteiger partial charge in [-0.2, -0.15) is 0 Å². The van der Waals surface area contributed by atoms with Gasteiger partial charge in [-0.05, 0) is 6.42 Å². The highest BCUT2D eigenvalue weighted by Crippen LogP contribution is 2.23. The third kappa shape index (κ3) is 2.21. The van der Waals surface area contributed by atoms with Crippen LogP contribution in [0.4, 0.5) is 0 Å². The maximum Gasteiger partial charge on any atom is 0.109 e. The van der Waals surface area contributed by atoms with E-state index in [0.29, 0.717) is 0 Å². The molecule has 0 unspecified atom stereocenters. The zero-order chi connectivity index (χ0) is 10.9. The van der Waals surface area contributed by atoms with E-state index in [9.17, 15) is 5.11 Å². The van der Waals surface area contributed by atoms with E-state index in [1.807, 2.05) is 30.9 Å². The molecule has 1 aliphatic rings. The first-order chi connectivity index (χ1) is 7.13. The van der Waals surface area contributed by atoms with Gasteiger partial charge in [0.2, 0.25) is 0 Å². The Labute approximate surface area is 90.5 Å². The lowest BCUT2D eigenvalue weighted by Crippen LogP contribution is -2.61. The first-order valence-electron chi connectivity index (χ1n) is 5.54. The molecule has 0 atom stereocenters. The van der Waals surface area contributed by atoms with E-state index in [2.05, 4.69) is 9.88 Å². The molecule has 4 nitrogen and oxygen atoms in total. The van der Waals surface area contributed by atoms with Crippen molar-refractivity contribution in [1.29, 1.82) is 0 Å². The number of imidazole rings is 1. The molecular weight excluding hydrogens is 190 g/mol. The number of hydrogen-bond acceptors (Lipinski definition) is 3. The molecule has 1 N–H and O–H groups in total. The number of aryl methyl sites for hydroxylation is 1. The molecule has 0 aliphatic carbocycles. The summed E-state index contributed by atoms with van der Waals surface area (Å²) in [5.41, 5.74) is -0.415. The molecular formula is C11H19N3O. The second-order valence-corrected chi connectivity index (χ2v) is 4.49. The minimum Gasteiger partial charge on any atom is -0.387 e. The maximum absolute atomic E-state index is 9.84. The van der Waals surface area contributed by atoms with Gasteiger partial charge in [-0.3, -0.25) is 4.90 Å². The van der Waals surface area contributed by atoms with Crippen molar-refractivity contribution in [3.8, 4) is 0 Å². The van der Waals surface area contributed by atoms with E-state index in [4.69, 9.17) is 0 Å². The number of nitrogens with zero attached hydrogens (tertiary/aromatic N) is 3. The Morgan fingerprint density at radius 3 is 2.80 bits per heavy atom. The van der Waals surface area contributed by atoms with Crippen molar-refractivity contribution in [1.82, 2.24) is 14.5 Å². The molecule has 0 bridgehead atoms. The zero-order valence-corrected chi connectivity index (χ0v) is 9.48. The first kappa shape index (κ1) is 10.6. The van der Waals surface area contributed by atoms with Crippen LogP contribution in [-0.2, 0) is 13.5 Å². The molecule has 0 radical (unpaired) electrons. The summed E-state index contributed by atoms with van der Waals surface area (Å²) in [7, 11) is 2.01. The predicted molar refractivity (Wildman–Crippen MR) is 58.6 cm³/mol. The SMILES string of the molecule is CCC1(O)CN(CCc2nccn2C)C1. The third-order valence-corrected chi connectivity index (χ3v) is 3.27. The van der Waals surface area contributed by atoms with Crippen LogP contribution in [0.25, 0.3) is 0 Å². The lowest BCUT2D eigenvalue weighted by Gasteiger charge is -2.46. The van der Waals surface area contributed by atoms with Gasteiger partial charge in [0.05, 0.1) is 5.60 Å². The molecule has 1 fully saturated rings. The van der Waals surface area contributed by atoms with Gasteiger partial charge in [-0.25, -0.2) is 4.98 Å². The standard InChI is InChI=1S/C11H19N3O/c1-3-11(15)8-14(9-11)6-4-10-12-5-7-13(10)2/h5,7,15H,3-4,6,8-9H2,1-2H3. The van der Waals surface area contributed by atoms with Gasteiger partial charge in [0.15, 0.2) is 0 Å². The van der Waals surface area contributed by atoms with Crippen LogP contribution in [0.15, 0.2) is 12.4 Å². The fraction of sp³-hybridized carbons (Fsp3) is 0.727. The van der Waals surface area contributed by atoms with Crippen molar-refractivity contribution in [3.63, 3.8) is 0 Å². The molecule has 1 aliphatic heterocycles. The summed E-state index contributed by atoms with van der Waals surface area (Å²) in [6.07, 6.45) is 5.61. The molecule has 1 aromatic rings. The van der Waals surface area contributed by atoms with Crippen molar-refractivity contribution >= 4 is 0 Å². The Bertz CT molecular complexity index is 328. The van der Waals surface area contributed by atoms with E-state index >= 15 is 0 Å². The lowest BCUT2D eigenvalue weighted by molar-refractivity contribution is -0.0988. The summed E-state index contributed by atoms with van der Waals surface area (Å²) in [5.74, 6) is 1.11. The smallest absolute Gasteiger partial charge is 0.109 e. The molecule has 2 heterocycles. The monoisotopic (exact) mass is 209 g/mol. The highest BCUT2D eigenvalue weighted by molar-refractivity contribution is 4.97. The normalized spacial score (nSPS) is 20.2. The maximum atomic E-state index is 9.84. The van der Waals surface area contributed by atoms with Gasteiger partial charge in [-0.1, -0.05) is 6.92 Å². The average Bonchev–Trinajstić information content (AvgIpc) is 2.57. The molecule has 0 amide bonds. The quantitative estimate of drug-likeness (QED) is 0.781. The van der Waals surface area contributed by atoms with Gasteiger partial charge in [-0.15, -0.1) is 0 Å². The lowest BCUT2D eigenvalue weighted by atomic mass is 9.91. The van der Waals surface area contributed by atoms with Crippen molar-refractivity contribution in [2.45, 2.75) is 25.4 Å². The summed E-state index contributed by atoms with van der Waals surface area (Å²) in [5, 5.41) is 9.84. The van der Waals surface area contributed by atoms with Crippen LogP contribution in [0.1, 0.15) is 19.2 Å². The molecule has 0 spiro atoms. The number of likely N-dealkylation sites (tertiary alicyclic amines) is 1. The number of hydrogen-bond donors (Lipinski definition) is 1. The summed E-state index contributed by atoms with van der Waals surface area (Å²) in [4.78, 5) is 6.55. The second-order valence-electron chi connectivity index (χ2n) is 4.49. The minimum atomic E-state index is -0.415. The largest absolute Gasteiger partial charge is 0.387 e. The highest BCUT2D eigenvalue weighted by atomic mass is 16.3. The van der Waals surface area contributed by atoms with Gasteiger partial charge in [0, 0.05) is 45.5 Å². The predicted octanol–water partition coefficient (Wildman–Crippen LogP) is 0.419. The van der Waals surface area contributed by atoms with Gasteiger partial charge >= 0.3 is 0 Å². The van der Waals surface area contributed by atoms with E-state index in [-0.39, 0.29) is 0 Å². The van der Waals surface area contributed by atoms with E-state index in [1.165, 1.54) is 0 Å². The van der Waals surface area contributed by atoms with Crippen molar-refractivity contribution in [2.75, 3.05) is 19.6 Å². The third-order valence-electron chi connectivity index (χ3n) is 3.27. The first-order valence-corrected chi connectivity index (χ1v) is 5.54. The average molecular weight is 209 g/mol. The van der Waals surface area contributed by atoms with Crippen LogP contribution in [0.5, 0.6) is 0 Å². The summed E-state index contributed by atoms with van der Waals surface area (Å²) >= 11 is 0. The van der Waals surface area contributed by atoms with E-state index < -0.39 is 5.60 Å². The summed E-state index contributed by atoms with van der Waals surface area (Å²) in [6, 6.07) is 0.